The molecule has 3 rings (SSSR count). The van der Waals surface area contributed by atoms with Gasteiger partial charge < -0.3 is 4.42 Å². The summed E-state index contributed by atoms with van der Waals surface area (Å²) < 4.78 is 54.6. The normalized spacial score (nSPS) is 12.3. The molecule has 2 aromatic carbocycles. The number of amides is 1. The number of aromatic nitrogens is 2. The molecule has 9 nitrogen and oxygen atoms in total. The zero-order valence-electron chi connectivity index (χ0n) is 18.6. The van der Waals surface area contributed by atoms with E-state index in [0.717, 1.165) is 5.56 Å². The molecule has 176 valence electrons. The van der Waals surface area contributed by atoms with Crippen LogP contribution < -0.4 is 5.32 Å². The lowest BCUT2D eigenvalue weighted by Gasteiger charge is -2.09. The van der Waals surface area contributed by atoms with E-state index in [1.807, 2.05) is 0 Å². The van der Waals surface area contributed by atoms with Crippen LogP contribution in [0.5, 0.6) is 0 Å². The first-order chi connectivity index (χ1) is 15.4. The van der Waals surface area contributed by atoms with Crippen LogP contribution in [-0.2, 0) is 26.1 Å². The van der Waals surface area contributed by atoms with Gasteiger partial charge in [0.2, 0.25) is 5.89 Å². The lowest BCUT2D eigenvalue weighted by atomic mass is 10.1. The van der Waals surface area contributed by atoms with Gasteiger partial charge in [0.05, 0.1) is 26.7 Å². The van der Waals surface area contributed by atoms with E-state index < -0.39 is 36.1 Å². The van der Waals surface area contributed by atoms with E-state index >= 15 is 0 Å². The number of sulfone groups is 2. The Bertz CT molecular complexity index is 1360. The number of nitrogens with one attached hydrogen (secondary N) is 1. The summed E-state index contributed by atoms with van der Waals surface area (Å²) in [6, 6.07) is 12.0. The zero-order chi connectivity index (χ0) is 24.4. The second-order valence-electron chi connectivity index (χ2n) is 7.99. The van der Waals surface area contributed by atoms with Crippen molar-refractivity contribution in [1.29, 1.82) is 0 Å². The number of carbonyl (C=O) groups is 1. The molecule has 0 bridgehead atoms. The van der Waals surface area contributed by atoms with Crippen LogP contribution in [0.2, 0.25) is 0 Å². The third-order valence-corrected chi connectivity index (χ3v) is 9.28. The summed E-state index contributed by atoms with van der Waals surface area (Å²) in [7, 11) is -6.88. The van der Waals surface area contributed by atoms with Crippen molar-refractivity contribution in [2.24, 2.45) is 0 Å². The lowest BCUT2D eigenvalue weighted by molar-refractivity contribution is 0.102. The van der Waals surface area contributed by atoms with Crippen LogP contribution in [0.15, 0.2) is 62.7 Å². The molecule has 0 radical (unpaired) electrons. The van der Waals surface area contributed by atoms with Gasteiger partial charge in [0.15, 0.2) is 19.7 Å². The van der Waals surface area contributed by atoms with E-state index in [1.54, 1.807) is 39.8 Å². The highest BCUT2D eigenvalue weighted by atomic mass is 32.2. The van der Waals surface area contributed by atoms with Gasteiger partial charge in [0.1, 0.15) is 0 Å². The first kappa shape index (κ1) is 24.6. The molecule has 33 heavy (non-hydrogen) atoms. The summed E-state index contributed by atoms with van der Waals surface area (Å²) in [6.45, 7) is 6.38. The van der Waals surface area contributed by atoms with E-state index in [0.29, 0.717) is 0 Å². The Kier molecular flexibility index (Phi) is 7.03. The Morgan fingerprint density at radius 2 is 1.48 bits per heavy atom. The quantitative estimate of drug-likeness (QED) is 0.507. The van der Waals surface area contributed by atoms with Crippen molar-refractivity contribution in [2.45, 2.75) is 54.4 Å². The molecule has 0 saturated carbocycles. The second kappa shape index (κ2) is 9.44. The van der Waals surface area contributed by atoms with Gasteiger partial charge in [-0.1, -0.05) is 23.3 Å². The molecule has 1 aromatic heterocycles. The second-order valence-corrected chi connectivity index (χ2v) is 13.0. The van der Waals surface area contributed by atoms with Crippen molar-refractivity contribution >= 4 is 31.6 Å². The van der Waals surface area contributed by atoms with Gasteiger partial charge in [-0.15, -0.1) is 5.10 Å². The molecule has 0 fully saturated rings. The van der Waals surface area contributed by atoms with Crippen LogP contribution in [0.25, 0.3) is 0 Å². The van der Waals surface area contributed by atoms with Crippen LogP contribution in [0, 0.1) is 0 Å². The molecule has 0 spiro atoms. The van der Waals surface area contributed by atoms with E-state index in [-0.39, 0.29) is 33.7 Å². The molecule has 3 aromatic rings. The predicted molar refractivity (Wildman–Crippen MR) is 123 cm³/mol. The Balaban J connectivity index is 1.70. The predicted octanol–water partition coefficient (Wildman–Crippen LogP) is 3.28. The molecule has 1 N–H and O–H groups in total. The number of nitrogens with zero attached hydrogens (tertiary/aromatic N) is 2. The molecule has 0 aliphatic carbocycles. The minimum absolute atomic E-state index is 0.0549. The van der Waals surface area contributed by atoms with Crippen LogP contribution in [0.1, 0.15) is 49.5 Å². The number of rotatable bonds is 8. The van der Waals surface area contributed by atoms with Gasteiger partial charge in [-0.2, -0.15) is 0 Å². The minimum atomic E-state index is -3.52. The van der Waals surface area contributed by atoms with Crippen molar-refractivity contribution in [2.75, 3.05) is 5.32 Å². The highest BCUT2D eigenvalue weighted by Gasteiger charge is 2.21. The fourth-order valence-electron chi connectivity index (χ4n) is 2.88. The van der Waals surface area contributed by atoms with Crippen molar-refractivity contribution < 1.29 is 26.0 Å². The average Bonchev–Trinajstić information content (AvgIpc) is 3.20. The Morgan fingerprint density at radius 1 is 0.879 bits per heavy atom. The molecule has 0 atom stereocenters. The van der Waals surface area contributed by atoms with Crippen LogP contribution in [-0.4, -0.2) is 43.4 Å². The smallest absolute Gasteiger partial charge is 0.322 e. The standard InChI is InChI=1S/C22H25N3O6S2/c1-14(2)32(27,28)18-10-8-16(9-11-18)12-20-24-25-22(31-20)23-21(26)17-6-5-7-19(13-17)33(29,30)15(3)4/h5-11,13-15H,12H2,1-4H3,(H,23,25,26). The lowest BCUT2D eigenvalue weighted by Crippen LogP contribution is -2.16. The number of anilines is 1. The van der Waals surface area contributed by atoms with Gasteiger partial charge >= 0.3 is 6.01 Å². The SMILES string of the molecule is CC(C)S(=O)(=O)c1ccc(Cc2nnc(NC(=O)c3cccc(S(=O)(=O)C(C)C)c3)o2)cc1. The van der Waals surface area contributed by atoms with E-state index in [9.17, 15) is 21.6 Å². The van der Waals surface area contributed by atoms with Crippen molar-refractivity contribution in [3.63, 3.8) is 0 Å². The summed E-state index contributed by atoms with van der Waals surface area (Å²) in [4.78, 5) is 12.8. The Labute approximate surface area is 193 Å². The van der Waals surface area contributed by atoms with Crippen LogP contribution in [0.3, 0.4) is 0 Å². The van der Waals surface area contributed by atoms with Crippen LogP contribution >= 0.6 is 0 Å². The number of carbonyl (C=O) groups excluding carboxylic acids is 1. The van der Waals surface area contributed by atoms with Gasteiger partial charge in [-0.3, -0.25) is 10.1 Å². The first-order valence-corrected chi connectivity index (χ1v) is 13.3. The highest BCUT2D eigenvalue weighted by Crippen LogP contribution is 2.20. The summed E-state index contributed by atoms with van der Waals surface area (Å²) in [5, 5.41) is 9.01. The zero-order valence-corrected chi connectivity index (χ0v) is 20.3. The summed E-state index contributed by atoms with van der Waals surface area (Å²) in [5.41, 5.74) is 0.893. The van der Waals surface area contributed by atoms with Crippen molar-refractivity contribution in [1.82, 2.24) is 10.2 Å². The maximum Gasteiger partial charge on any atom is 0.322 e. The molecule has 11 heteroatoms. The Morgan fingerprint density at radius 3 is 2.09 bits per heavy atom. The van der Waals surface area contributed by atoms with Crippen LogP contribution in [0.4, 0.5) is 6.01 Å². The molecule has 1 heterocycles. The summed E-state index contributed by atoms with van der Waals surface area (Å²) in [6.07, 6.45) is 0.243. The summed E-state index contributed by atoms with van der Waals surface area (Å²) >= 11 is 0. The third-order valence-electron chi connectivity index (χ3n) is 4.96. The largest absolute Gasteiger partial charge is 0.407 e. The first-order valence-electron chi connectivity index (χ1n) is 10.2. The van der Waals surface area contributed by atoms with E-state index in [2.05, 4.69) is 15.5 Å². The number of hydrogen-bond acceptors (Lipinski definition) is 8. The van der Waals surface area contributed by atoms with Gasteiger partial charge in [0, 0.05) is 5.56 Å². The molecular weight excluding hydrogens is 466 g/mol. The van der Waals surface area contributed by atoms with E-state index in [1.165, 1.54) is 36.4 Å². The molecule has 1 amide bonds. The fraction of sp³-hybridized carbons (Fsp3) is 0.318. The average molecular weight is 492 g/mol. The maximum atomic E-state index is 12.5. The number of hydrogen-bond donors (Lipinski definition) is 1. The molecule has 0 saturated heterocycles. The van der Waals surface area contributed by atoms with Crippen molar-refractivity contribution in [3.8, 4) is 0 Å². The molecular formula is C22H25N3O6S2. The van der Waals surface area contributed by atoms with Gasteiger partial charge in [0.25, 0.3) is 5.91 Å². The Hall–Kier alpha value is -3.05. The van der Waals surface area contributed by atoms with Crippen molar-refractivity contribution in [3.05, 3.63) is 65.5 Å². The molecule has 0 aliphatic heterocycles. The minimum Gasteiger partial charge on any atom is -0.407 e. The van der Waals surface area contributed by atoms with Gasteiger partial charge in [-0.05, 0) is 63.6 Å². The van der Waals surface area contributed by atoms with Gasteiger partial charge in [-0.25, -0.2) is 16.8 Å². The topological polar surface area (TPSA) is 136 Å². The maximum absolute atomic E-state index is 12.5. The highest BCUT2D eigenvalue weighted by molar-refractivity contribution is 7.92. The molecule has 0 aliphatic rings. The fourth-order valence-corrected chi connectivity index (χ4v) is 5.04. The summed E-state index contributed by atoms with van der Waals surface area (Å²) in [5.74, 6) is -0.366. The molecule has 0 unspecified atom stereocenters. The monoisotopic (exact) mass is 491 g/mol. The third kappa shape index (κ3) is 5.48. The van der Waals surface area contributed by atoms with E-state index in [4.69, 9.17) is 4.42 Å². The number of benzene rings is 2.